The molecule has 3 rings (SSSR count). The highest BCUT2D eigenvalue weighted by molar-refractivity contribution is 5.91. The quantitative estimate of drug-likeness (QED) is 0.784. The number of nitrogens with one attached hydrogen (secondary N) is 1. The monoisotopic (exact) mass is 266 g/mol. The average Bonchev–Trinajstić information content (AvgIpc) is 2.94. The van der Waals surface area contributed by atoms with Crippen LogP contribution in [0.3, 0.4) is 0 Å². The van der Waals surface area contributed by atoms with Gasteiger partial charge in [-0.05, 0) is 38.1 Å². The lowest BCUT2D eigenvalue weighted by molar-refractivity contribution is 0.532. The molecule has 3 aromatic rings. The Hall–Kier alpha value is -2.36. The van der Waals surface area contributed by atoms with Crippen molar-refractivity contribution in [3.63, 3.8) is 0 Å². The van der Waals surface area contributed by atoms with Crippen molar-refractivity contribution in [1.82, 2.24) is 14.8 Å². The van der Waals surface area contributed by atoms with Crippen LogP contribution >= 0.6 is 0 Å². The van der Waals surface area contributed by atoms with Crippen LogP contribution in [0, 0.1) is 0 Å². The van der Waals surface area contributed by atoms with E-state index in [-0.39, 0.29) is 0 Å². The van der Waals surface area contributed by atoms with Crippen molar-refractivity contribution in [1.29, 1.82) is 0 Å². The highest BCUT2D eigenvalue weighted by Gasteiger charge is 2.03. The van der Waals surface area contributed by atoms with Crippen molar-refractivity contribution in [2.24, 2.45) is 0 Å². The fraction of sp³-hybridized carbons (Fsp3) is 0.250. The van der Waals surface area contributed by atoms with E-state index in [9.17, 15) is 0 Å². The lowest BCUT2D eigenvalue weighted by atomic mass is 10.2. The molecule has 20 heavy (non-hydrogen) atoms. The van der Waals surface area contributed by atoms with Crippen molar-refractivity contribution in [3.8, 4) is 0 Å². The van der Waals surface area contributed by atoms with E-state index in [2.05, 4.69) is 47.6 Å². The van der Waals surface area contributed by atoms with Crippen molar-refractivity contribution < 1.29 is 0 Å². The second-order valence-corrected chi connectivity index (χ2v) is 5.15. The normalized spacial score (nSPS) is 11.2. The SMILES string of the molecule is CC(C)n1cc(CNc2cccc3ncccc23)cn1. The standard InChI is InChI=1S/C16H18N4/c1-12(2)20-11-13(10-19-20)9-18-16-7-3-6-15-14(16)5-4-8-17-15/h3-8,10-12,18H,9H2,1-2H3. The van der Waals surface area contributed by atoms with E-state index < -0.39 is 0 Å². The first-order valence-corrected chi connectivity index (χ1v) is 6.84. The van der Waals surface area contributed by atoms with E-state index in [0.29, 0.717) is 6.04 Å². The van der Waals surface area contributed by atoms with Crippen LogP contribution in [-0.4, -0.2) is 14.8 Å². The predicted molar refractivity (Wildman–Crippen MR) is 81.7 cm³/mol. The average molecular weight is 266 g/mol. The smallest absolute Gasteiger partial charge is 0.0722 e. The van der Waals surface area contributed by atoms with Gasteiger partial charge in [0, 0.05) is 41.6 Å². The number of fused-ring (bicyclic) bond motifs is 1. The van der Waals surface area contributed by atoms with Gasteiger partial charge in [-0.1, -0.05) is 6.07 Å². The van der Waals surface area contributed by atoms with Gasteiger partial charge in [-0.25, -0.2) is 0 Å². The Balaban J connectivity index is 1.79. The van der Waals surface area contributed by atoms with Crippen LogP contribution < -0.4 is 5.32 Å². The highest BCUT2D eigenvalue weighted by atomic mass is 15.3. The summed E-state index contributed by atoms with van der Waals surface area (Å²) in [6.45, 7) is 5.02. The van der Waals surface area contributed by atoms with Crippen molar-refractivity contribution in [3.05, 3.63) is 54.5 Å². The van der Waals surface area contributed by atoms with E-state index in [0.717, 1.165) is 23.1 Å². The Morgan fingerprint density at radius 2 is 2.10 bits per heavy atom. The molecule has 0 unspecified atom stereocenters. The molecule has 0 aliphatic heterocycles. The van der Waals surface area contributed by atoms with Gasteiger partial charge >= 0.3 is 0 Å². The van der Waals surface area contributed by atoms with Gasteiger partial charge in [0.05, 0.1) is 11.7 Å². The summed E-state index contributed by atoms with van der Waals surface area (Å²) in [7, 11) is 0. The van der Waals surface area contributed by atoms with Crippen LogP contribution in [0.4, 0.5) is 5.69 Å². The van der Waals surface area contributed by atoms with E-state index in [4.69, 9.17) is 0 Å². The number of pyridine rings is 1. The molecule has 0 fully saturated rings. The summed E-state index contributed by atoms with van der Waals surface area (Å²) in [5.74, 6) is 0. The lowest BCUT2D eigenvalue weighted by Gasteiger charge is -2.08. The maximum atomic E-state index is 4.37. The molecule has 1 aromatic carbocycles. The number of nitrogens with zero attached hydrogens (tertiary/aromatic N) is 3. The molecule has 0 aliphatic rings. The van der Waals surface area contributed by atoms with Gasteiger partial charge in [0.1, 0.15) is 0 Å². The maximum Gasteiger partial charge on any atom is 0.0722 e. The molecule has 4 heteroatoms. The van der Waals surface area contributed by atoms with Crippen molar-refractivity contribution in [2.75, 3.05) is 5.32 Å². The Morgan fingerprint density at radius 3 is 2.90 bits per heavy atom. The third kappa shape index (κ3) is 2.50. The number of hydrogen-bond donors (Lipinski definition) is 1. The number of aromatic nitrogens is 3. The molecular formula is C16H18N4. The summed E-state index contributed by atoms with van der Waals surface area (Å²) >= 11 is 0. The summed E-state index contributed by atoms with van der Waals surface area (Å²) in [4.78, 5) is 4.37. The highest BCUT2D eigenvalue weighted by Crippen LogP contribution is 2.21. The maximum absolute atomic E-state index is 4.37. The van der Waals surface area contributed by atoms with E-state index in [1.54, 1.807) is 0 Å². The van der Waals surface area contributed by atoms with Crippen LogP contribution in [-0.2, 0) is 6.54 Å². The first-order valence-electron chi connectivity index (χ1n) is 6.84. The van der Waals surface area contributed by atoms with E-state index in [1.807, 2.05) is 35.3 Å². The second kappa shape index (κ2) is 5.33. The van der Waals surface area contributed by atoms with Gasteiger partial charge in [-0.15, -0.1) is 0 Å². The molecule has 0 saturated carbocycles. The van der Waals surface area contributed by atoms with Gasteiger partial charge in [0.25, 0.3) is 0 Å². The number of rotatable bonds is 4. The first-order chi connectivity index (χ1) is 9.74. The lowest BCUT2D eigenvalue weighted by Crippen LogP contribution is -2.01. The molecule has 0 saturated heterocycles. The number of hydrogen-bond acceptors (Lipinski definition) is 3. The summed E-state index contributed by atoms with van der Waals surface area (Å²) < 4.78 is 1.97. The molecule has 0 spiro atoms. The van der Waals surface area contributed by atoms with Gasteiger partial charge in [-0.3, -0.25) is 9.67 Å². The van der Waals surface area contributed by atoms with E-state index in [1.165, 1.54) is 5.56 Å². The van der Waals surface area contributed by atoms with Crippen LogP contribution in [0.5, 0.6) is 0 Å². The minimum absolute atomic E-state index is 0.394. The van der Waals surface area contributed by atoms with Gasteiger partial charge in [0.15, 0.2) is 0 Å². The third-order valence-corrected chi connectivity index (χ3v) is 3.31. The van der Waals surface area contributed by atoms with Crippen molar-refractivity contribution in [2.45, 2.75) is 26.4 Å². The zero-order valence-corrected chi connectivity index (χ0v) is 11.7. The molecule has 2 heterocycles. The zero-order valence-electron chi connectivity index (χ0n) is 11.7. The summed E-state index contributed by atoms with van der Waals surface area (Å²) in [6.07, 6.45) is 5.82. The minimum atomic E-state index is 0.394. The van der Waals surface area contributed by atoms with Crippen LogP contribution in [0.2, 0.25) is 0 Å². The van der Waals surface area contributed by atoms with Gasteiger partial charge < -0.3 is 5.32 Å². The predicted octanol–water partition coefficient (Wildman–Crippen LogP) is 3.62. The Kier molecular flexibility index (Phi) is 3.37. The van der Waals surface area contributed by atoms with Gasteiger partial charge in [-0.2, -0.15) is 5.10 Å². The van der Waals surface area contributed by atoms with E-state index >= 15 is 0 Å². The van der Waals surface area contributed by atoms with Gasteiger partial charge in [0.2, 0.25) is 0 Å². The summed E-state index contributed by atoms with van der Waals surface area (Å²) in [5, 5.41) is 8.96. The fourth-order valence-corrected chi connectivity index (χ4v) is 2.21. The third-order valence-electron chi connectivity index (χ3n) is 3.31. The first kappa shape index (κ1) is 12.7. The Bertz CT molecular complexity index is 710. The minimum Gasteiger partial charge on any atom is -0.380 e. The fourth-order valence-electron chi connectivity index (χ4n) is 2.21. The summed E-state index contributed by atoms with van der Waals surface area (Å²) in [5.41, 5.74) is 3.29. The molecular weight excluding hydrogens is 248 g/mol. The number of anilines is 1. The van der Waals surface area contributed by atoms with Crippen LogP contribution in [0.25, 0.3) is 10.9 Å². The Labute approximate surface area is 118 Å². The topological polar surface area (TPSA) is 42.7 Å². The molecule has 102 valence electrons. The second-order valence-electron chi connectivity index (χ2n) is 5.15. The van der Waals surface area contributed by atoms with Crippen LogP contribution in [0.1, 0.15) is 25.5 Å². The molecule has 0 aliphatic carbocycles. The molecule has 0 atom stereocenters. The molecule has 1 N–H and O–H groups in total. The zero-order chi connectivity index (χ0) is 13.9. The number of benzene rings is 1. The largest absolute Gasteiger partial charge is 0.380 e. The Morgan fingerprint density at radius 1 is 1.20 bits per heavy atom. The molecule has 0 bridgehead atoms. The summed E-state index contributed by atoms with van der Waals surface area (Å²) in [6, 6.07) is 10.6. The molecule has 0 amide bonds. The molecule has 4 nitrogen and oxygen atoms in total. The molecule has 0 radical (unpaired) electrons. The van der Waals surface area contributed by atoms with Crippen molar-refractivity contribution >= 4 is 16.6 Å². The van der Waals surface area contributed by atoms with Crippen LogP contribution in [0.15, 0.2) is 48.9 Å². The molecule has 2 aromatic heterocycles.